The summed E-state index contributed by atoms with van der Waals surface area (Å²) >= 11 is 0. The van der Waals surface area contributed by atoms with Crippen molar-refractivity contribution in [3.63, 3.8) is 0 Å². The van der Waals surface area contributed by atoms with Gasteiger partial charge in [0, 0.05) is 30.5 Å². The number of rotatable bonds is 7. The van der Waals surface area contributed by atoms with Crippen LogP contribution >= 0.6 is 0 Å². The summed E-state index contributed by atoms with van der Waals surface area (Å²) in [5.41, 5.74) is 6.72. The normalized spacial score (nSPS) is 11.9. The third-order valence-corrected chi connectivity index (χ3v) is 2.74. The minimum absolute atomic E-state index is 0.129. The van der Waals surface area contributed by atoms with Gasteiger partial charge in [-0.1, -0.05) is 6.92 Å². The second-order valence-electron chi connectivity index (χ2n) is 4.55. The molecule has 0 aliphatic carbocycles. The number of amides is 1. The zero-order valence-electron chi connectivity index (χ0n) is 11.5. The van der Waals surface area contributed by atoms with Gasteiger partial charge in [0.2, 0.25) is 0 Å². The first-order valence-corrected chi connectivity index (χ1v) is 6.49. The largest absolute Gasteiger partial charge is 0.494 e. The fourth-order valence-corrected chi connectivity index (χ4v) is 1.69. The third-order valence-electron chi connectivity index (χ3n) is 2.74. The van der Waals surface area contributed by atoms with Gasteiger partial charge in [-0.25, -0.2) is 0 Å². The summed E-state index contributed by atoms with van der Waals surface area (Å²) in [6.07, 6.45) is 0.668. The van der Waals surface area contributed by atoms with Crippen molar-refractivity contribution in [2.75, 3.05) is 25.5 Å². The number of nitrogens with one attached hydrogen (secondary N) is 1. The van der Waals surface area contributed by atoms with Gasteiger partial charge < -0.3 is 20.9 Å². The minimum atomic E-state index is -0.182. The van der Waals surface area contributed by atoms with E-state index in [4.69, 9.17) is 15.6 Å². The molecular weight excluding hydrogens is 244 g/mol. The highest BCUT2D eigenvalue weighted by molar-refractivity contribution is 5.95. The Morgan fingerprint density at radius 2 is 2.21 bits per heavy atom. The van der Waals surface area contributed by atoms with E-state index in [0.29, 0.717) is 36.6 Å². The van der Waals surface area contributed by atoms with Gasteiger partial charge in [-0.05, 0) is 31.4 Å². The first kappa shape index (κ1) is 15.3. The van der Waals surface area contributed by atoms with Gasteiger partial charge in [0.05, 0.1) is 6.61 Å². The molecule has 5 heteroatoms. The van der Waals surface area contributed by atoms with E-state index in [2.05, 4.69) is 5.32 Å². The van der Waals surface area contributed by atoms with Crippen molar-refractivity contribution in [2.45, 2.75) is 20.3 Å². The molecule has 0 spiro atoms. The summed E-state index contributed by atoms with van der Waals surface area (Å²) in [5.74, 6) is 0.649. The number of aliphatic hydroxyl groups is 1. The van der Waals surface area contributed by atoms with E-state index in [9.17, 15) is 4.79 Å². The van der Waals surface area contributed by atoms with Gasteiger partial charge in [-0.2, -0.15) is 0 Å². The molecular formula is C14H22N2O3. The first-order chi connectivity index (χ1) is 9.06. The van der Waals surface area contributed by atoms with Crippen molar-refractivity contribution in [2.24, 2.45) is 5.92 Å². The van der Waals surface area contributed by atoms with E-state index in [1.807, 2.05) is 13.8 Å². The predicted molar refractivity (Wildman–Crippen MR) is 75.2 cm³/mol. The van der Waals surface area contributed by atoms with E-state index in [-0.39, 0.29) is 18.4 Å². The first-order valence-electron chi connectivity index (χ1n) is 6.49. The Hall–Kier alpha value is -1.75. The van der Waals surface area contributed by atoms with Crippen molar-refractivity contribution in [3.05, 3.63) is 23.8 Å². The molecule has 0 aliphatic heterocycles. The Morgan fingerprint density at radius 1 is 1.47 bits per heavy atom. The van der Waals surface area contributed by atoms with Crippen LogP contribution in [0.4, 0.5) is 5.69 Å². The fraction of sp³-hybridized carbons (Fsp3) is 0.500. The summed E-state index contributed by atoms with van der Waals surface area (Å²) in [7, 11) is 0. The van der Waals surface area contributed by atoms with Gasteiger partial charge in [0.15, 0.2) is 0 Å². The Labute approximate surface area is 113 Å². The van der Waals surface area contributed by atoms with E-state index >= 15 is 0 Å². The number of ether oxygens (including phenoxy) is 1. The number of carbonyl (C=O) groups excluding carboxylic acids is 1. The maximum absolute atomic E-state index is 12.0. The van der Waals surface area contributed by atoms with Gasteiger partial charge in [0.25, 0.3) is 5.91 Å². The summed E-state index contributed by atoms with van der Waals surface area (Å²) in [5, 5.41) is 11.6. The number of hydrogen-bond donors (Lipinski definition) is 3. The number of carbonyl (C=O) groups is 1. The molecule has 106 valence electrons. The Balaban J connectivity index is 2.65. The molecule has 0 heterocycles. The number of anilines is 1. The van der Waals surface area contributed by atoms with Crippen LogP contribution in [-0.4, -0.2) is 30.8 Å². The van der Waals surface area contributed by atoms with Crippen LogP contribution in [0.3, 0.4) is 0 Å². The monoisotopic (exact) mass is 266 g/mol. The highest BCUT2D eigenvalue weighted by Gasteiger charge is 2.10. The van der Waals surface area contributed by atoms with Crippen LogP contribution in [0.5, 0.6) is 5.75 Å². The molecule has 0 aliphatic rings. The average molecular weight is 266 g/mol. The number of nitrogen functional groups attached to an aromatic ring is 1. The molecule has 0 aromatic heterocycles. The maximum atomic E-state index is 12.0. The Kier molecular flexibility index (Phi) is 6.15. The van der Waals surface area contributed by atoms with Gasteiger partial charge >= 0.3 is 0 Å². The van der Waals surface area contributed by atoms with Crippen molar-refractivity contribution < 1.29 is 14.6 Å². The summed E-state index contributed by atoms with van der Waals surface area (Å²) in [4.78, 5) is 12.0. The van der Waals surface area contributed by atoms with Crippen molar-refractivity contribution in [1.29, 1.82) is 0 Å². The number of hydrogen-bond acceptors (Lipinski definition) is 4. The molecule has 0 bridgehead atoms. The number of nitrogens with two attached hydrogens (primary N) is 1. The molecule has 1 amide bonds. The highest BCUT2D eigenvalue weighted by Crippen LogP contribution is 2.19. The van der Waals surface area contributed by atoms with E-state index in [0.717, 1.165) is 0 Å². The Bertz CT molecular complexity index is 421. The zero-order chi connectivity index (χ0) is 14.3. The van der Waals surface area contributed by atoms with Crippen LogP contribution in [0.2, 0.25) is 0 Å². The topological polar surface area (TPSA) is 84.6 Å². The molecule has 0 saturated heterocycles. The molecule has 1 unspecified atom stereocenters. The summed E-state index contributed by atoms with van der Waals surface area (Å²) in [6.45, 7) is 5.03. The lowest BCUT2D eigenvalue weighted by Crippen LogP contribution is -2.28. The lowest BCUT2D eigenvalue weighted by atomic mass is 10.1. The standard InChI is InChI=1S/C14H22N2O3/c1-3-19-13-7-11(6-12(15)8-13)14(18)16-9-10(2)4-5-17/h6-8,10,17H,3-5,9,15H2,1-2H3,(H,16,18). The van der Waals surface area contributed by atoms with Crippen molar-refractivity contribution in [3.8, 4) is 5.75 Å². The molecule has 5 nitrogen and oxygen atoms in total. The van der Waals surface area contributed by atoms with Crippen LogP contribution < -0.4 is 15.8 Å². The minimum Gasteiger partial charge on any atom is -0.494 e. The molecule has 19 heavy (non-hydrogen) atoms. The lowest BCUT2D eigenvalue weighted by Gasteiger charge is -2.12. The Morgan fingerprint density at radius 3 is 2.84 bits per heavy atom. The van der Waals surface area contributed by atoms with Gasteiger partial charge in [0.1, 0.15) is 5.75 Å². The molecule has 4 N–H and O–H groups in total. The molecule has 1 aromatic carbocycles. The lowest BCUT2D eigenvalue weighted by molar-refractivity contribution is 0.0945. The molecule has 1 atom stereocenters. The fourth-order valence-electron chi connectivity index (χ4n) is 1.69. The molecule has 0 fully saturated rings. The SMILES string of the molecule is CCOc1cc(N)cc(C(=O)NCC(C)CCO)c1. The average Bonchev–Trinajstić information content (AvgIpc) is 2.36. The number of benzene rings is 1. The van der Waals surface area contributed by atoms with Crippen LogP contribution in [-0.2, 0) is 0 Å². The summed E-state index contributed by atoms with van der Waals surface area (Å²) in [6, 6.07) is 4.98. The van der Waals surface area contributed by atoms with Crippen LogP contribution in [0.25, 0.3) is 0 Å². The molecule has 0 radical (unpaired) electrons. The second kappa shape index (κ2) is 7.63. The highest BCUT2D eigenvalue weighted by atomic mass is 16.5. The van der Waals surface area contributed by atoms with Gasteiger partial charge in [-0.15, -0.1) is 0 Å². The van der Waals surface area contributed by atoms with Crippen molar-refractivity contribution in [1.82, 2.24) is 5.32 Å². The zero-order valence-corrected chi connectivity index (χ0v) is 11.5. The van der Waals surface area contributed by atoms with Crippen LogP contribution in [0.15, 0.2) is 18.2 Å². The van der Waals surface area contributed by atoms with Crippen LogP contribution in [0.1, 0.15) is 30.6 Å². The van der Waals surface area contributed by atoms with Crippen LogP contribution in [0, 0.1) is 5.92 Å². The molecule has 0 saturated carbocycles. The quantitative estimate of drug-likeness (QED) is 0.652. The second-order valence-corrected chi connectivity index (χ2v) is 4.55. The van der Waals surface area contributed by atoms with E-state index < -0.39 is 0 Å². The van der Waals surface area contributed by atoms with E-state index in [1.54, 1.807) is 18.2 Å². The molecule has 1 aromatic rings. The molecule has 1 rings (SSSR count). The summed E-state index contributed by atoms with van der Waals surface area (Å²) < 4.78 is 5.35. The maximum Gasteiger partial charge on any atom is 0.251 e. The third kappa shape index (κ3) is 5.18. The predicted octanol–water partition coefficient (Wildman–Crippen LogP) is 1.42. The van der Waals surface area contributed by atoms with E-state index in [1.165, 1.54) is 0 Å². The number of aliphatic hydroxyl groups excluding tert-OH is 1. The smallest absolute Gasteiger partial charge is 0.251 e. The van der Waals surface area contributed by atoms with Gasteiger partial charge in [-0.3, -0.25) is 4.79 Å². The van der Waals surface area contributed by atoms with Crippen molar-refractivity contribution >= 4 is 11.6 Å².